The van der Waals surface area contributed by atoms with Crippen LogP contribution in [-0.4, -0.2) is 17.0 Å². The monoisotopic (exact) mass is 217 g/mol. The molecule has 0 radical (unpaired) electrons. The highest BCUT2D eigenvalue weighted by atomic mass is 16.5. The van der Waals surface area contributed by atoms with Crippen molar-refractivity contribution in [2.45, 2.75) is 20.0 Å². The number of ether oxygens (including phenoxy) is 1. The number of hydrogen-bond acceptors (Lipinski definition) is 2. The number of benzene rings is 1. The first-order valence-corrected chi connectivity index (χ1v) is 5.32. The van der Waals surface area contributed by atoms with Crippen LogP contribution < -0.4 is 4.74 Å². The van der Waals surface area contributed by atoms with E-state index >= 15 is 0 Å². The summed E-state index contributed by atoms with van der Waals surface area (Å²) >= 11 is 0. The van der Waals surface area contributed by atoms with Crippen LogP contribution >= 0.6 is 0 Å². The summed E-state index contributed by atoms with van der Waals surface area (Å²) in [6.45, 7) is 3.95. The quantitative estimate of drug-likeness (QED) is 0.740. The summed E-state index contributed by atoms with van der Waals surface area (Å²) in [5.74, 6) is 0.773. The van der Waals surface area contributed by atoms with Gasteiger partial charge in [0.15, 0.2) is 0 Å². The molecule has 0 unspecified atom stereocenters. The van der Waals surface area contributed by atoms with Crippen LogP contribution in [-0.2, 0) is 7.05 Å². The molecule has 0 saturated heterocycles. The van der Waals surface area contributed by atoms with Crippen LogP contribution in [0.2, 0.25) is 0 Å². The predicted octanol–water partition coefficient (Wildman–Crippen LogP) is 2.78. The SMILES string of the molecule is CC(C)Oc1cc(C=O)cc2c1ccn2C. The van der Waals surface area contributed by atoms with Crippen molar-refractivity contribution in [1.82, 2.24) is 4.57 Å². The lowest BCUT2D eigenvalue weighted by Gasteiger charge is -2.11. The molecule has 84 valence electrons. The average Bonchev–Trinajstić information content (AvgIpc) is 2.60. The molecule has 2 aromatic rings. The third-order valence-corrected chi connectivity index (χ3v) is 2.49. The number of carbonyl (C=O) groups is 1. The zero-order chi connectivity index (χ0) is 11.7. The zero-order valence-corrected chi connectivity index (χ0v) is 9.73. The molecule has 0 saturated carbocycles. The van der Waals surface area contributed by atoms with Gasteiger partial charge in [-0.2, -0.15) is 0 Å². The molecule has 0 aliphatic carbocycles. The molecule has 1 aromatic heterocycles. The largest absolute Gasteiger partial charge is 0.490 e. The molecule has 0 bridgehead atoms. The molecule has 1 aromatic carbocycles. The van der Waals surface area contributed by atoms with Crippen molar-refractivity contribution in [3.8, 4) is 5.75 Å². The van der Waals surface area contributed by atoms with E-state index in [2.05, 4.69) is 0 Å². The normalized spacial score (nSPS) is 11.0. The molecule has 2 rings (SSSR count). The fourth-order valence-corrected chi connectivity index (χ4v) is 1.78. The number of aldehydes is 1. The van der Waals surface area contributed by atoms with Crippen molar-refractivity contribution in [3.63, 3.8) is 0 Å². The van der Waals surface area contributed by atoms with Crippen molar-refractivity contribution in [3.05, 3.63) is 30.0 Å². The maximum atomic E-state index is 10.9. The van der Waals surface area contributed by atoms with E-state index in [1.165, 1.54) is 0 Å². The minimum absolute atomic E-state index is 0.102. The van der Waals surface area contributed by atoms with Crippen LogP contribution in [0.15, 0.2) is 24.4 Å². The van der Waals surface area contributed by atoms with Crippen molar-refractivity contribution >= 4 is 17.2 Å². The Morgan fingerprint density at radius 2 is 2.12 bits per heavy atom. The van der Waals surface area contributed by atoms with E-state index in [4.69, 9.17) is 4.74 Å². The molecule has 0 amide bonds. The van der Waals surface area contributed by atoms with E-state index in [1.54, 1.807) is 6.07 Å². The smallest absolute Gasteiger partial charge is 0.150 e. The fraction of sp³-hybridized carbons (Fsp3) is 0.308. The highest BCUT2D eigenvalue weighted by Gasteiger charge is 2.09. The number of hydrogen-bond donors (Lipinski definition) is 0. The van der Waals surface area contributed by atoms with Crippen molar-refractivity contribution in [2.75, 3.05) is 0 Å². The second-order valence-corrected chi connectivity index (χ2v) is 4.16. The van der Waals surface area contributed by atoms with Crippen LogP contribution in [0.4, 0.5) is 0 Å². The van der Waals surface area contributed by atoms with Gasteiger partial charge in [-0.15, -0.1) is 0 Å². The summed E-state index contributed by atoms with van der Waals surface area (Å²) < 4.78 is 7.69. The summed E-state index contributed by atoms with van der Waals surface area (Å²) in [5, 5.41) is 1.04. The average molecular weight is 217 g/mol. The van der Waals surface area contributed by atoms with Gasteiger partial charge in [-0.25, -0.2) is 0 Å². The van der Waals surface area contributed by atoms with Crippen molar-refractivity contribution in [1.29, 1.82) is 0 Å². The third kappa shape index (κ3) is 1.81. The molecule has 1 heterocycles. The molecule has 0 aliphatic heterocycles. The molecular formula is C13H15NO2. The number of carbonyl (C=O) groups excluding carboxylic acids is 1. The number of fused-ring (bicyclic) bond motifs is 1. The van der Waals surface area contributed by atoms with E-state index in [1.807, 2.05) is 43.8 Å². The topological polar surface area (TPSA) is 31.2 Å². The third-order valence-electron chi connectivity index (χ3n) is 2.49. The fourth-order valence-electron chi connectivity index (χ4n) is 1.78. The lowest BCUT2D eigenvalue weighted by molar-refractivity contribution is 0.112. The van der Waals surface area contributed by atoms with Crippen molar-refractivity contribution in [2.24, 2.45) is 7.05 Å². The minimum Gasteiger partial charge on any atom is -0.490 e. The molecular weight excluding hydrogens is 202 g/mol. The Hall–Kier alpha value is -1.77. The summed E-state index contributed by atoms with van der Waals surface area (Å²) in [6, 6.07) is 5.66. The molecule has 0 spiro atoms. The standard InChI is InChI=1S/C13H15NO2/c1-9(2)16-13-7-10(8-15)6-12-11(13)4-5-14(12)3/h4-9H,1-3H3. The highest BCUT2D eigenvalue weighted by Crippen LogP contribution is 2.28. The molecule has 0 fully saturated rings. The molecule has 3 nitrogen and oxygen atoms in total. The maximum absolute atomic E-state index is 10.9. The molecule has 0 aliphatic rings. The maximum Gasteiger partial charge on any atom is 0.150 e. The summed E-state index contributed by atoms with van der Waals surface area (Å²) in [6.07, 6.45) is 2.91. The number of nitrogens with zero attached hydrogens (tertiary/aromatic N) is 1. The van der Waals surface area contributed by atoms with Gasteiger partial charge in [-0.3, -0.25) is 4.79 Å². The Labute approximate surface area is 94.6 Å². The molecule has 3 heteroatoms. The van der Waals surface area contributed by atoms with Gasteiger partial charge in [0.05, 0.1) is 11.6 Å². The highest BCUT2D eigenvalue weighted by molar-refractivity contribution is 5.92. The zero-order valence-electron chi connectivity index (χ0n) is 9.73. The Balaban J connectivity index is 2.64. The Morgan fingerprint density at radius 1 is 1.38 bits per heavy atom. The van der Waals surface area contributed by atoms with Gasteiger partial charge in [-0.05, 0) is 32.0 Å². The molecule has 0 atom stereocenters. The van der Waals surface area contributed by atoms with Gasteiger partial charge in [0.25, 0.3) is 0 Å². The van der Waals surface area contributed by atoms with E-state index in [0.29, 0.717) is 5.56 Å². The first-order valence-electron chi connectivity index (χ1n) is 5.32. The van der Waals surface area contributed by atoms with Gasteiger partial charge in [0.2, 0.25) is 0 Å². The molecule has 0 N–H and O–H groups in total. The number of rotatable bonds is 3. The van der Waals surface area contributed by atoms with Gasteiger partial charge >= 0.3 is 0 Å². The minimum atomic E-state index is 0.102. The van der Waals surface area contributed by atoms with Gasteiger partial charge in [-0.1, -0.05) is 0 Å². The number of aromatic nitrogens is 1. The second-order valence-electron chi connectivity index (χ2n) is 4.16. The van der Waals surface area contributed by atoms with Gasteiger partial charge in [0.1, 0.15) is 12.0 Å². The van der Waals surface area contributed by atoms with Crippen LogP contribution in [0, 0.1) is 0 Å². The predicted molar refractivity (Wildman–Crippen MR) is 64.1 cm³/mol. The second kappa shape index (κ2) is 4.00. The van der Waals surface area contributed by atoms with Crippen LogP contribution in [0.1, 0.15) is 24.2 Å². The van der Waals surface area contributed by atoms with Gasteiger partial charge < -0.3 is 9.30 Å². The molecule has 16 heavy (non-hydrogen) atoms. The number of aryl methyl sites for hydroxylation is 1. The summed E-state index contributed by atoms with van der Waals surface area (Å²) in [4.78, 5) is 10.9. The first-order chi connectivity index (χ1) is 7.61. The lowest BCUT2D eigenvalue weighted by Crippen LogP contribution is -2.06. The Kier molecular flexibility index (Phi) is 2.69. The van der Waals surface area contributed by atoms with Crippen LogP contribution in [0.25, 0.3) is 10.9 Å². The summed E-state index contributed by atoms with van der Waals surface area (Å²) in [5.41, 5.74) is 1.66. The summed E-state index contributed by atoms with van der Waals surface area (Å²) in [7, 11) is 1.95. The van der Waals surface area contributed by atoms with Crippen molar-refractivity contribution < 1.29 is 9.53 Å². The van der Waals surface area contributed by atoms with E-state index < -0.39 is 0 Å². The Morgan fingerprint density at radius 3 is 2.75 bits per heavy atom. The Bertz CT molecular complexity index is 526. The first kappa shape index (κ1) is 10.7. The van der Waals surface area contributed by atoms with E-state index in [-0.39, 0.29) is 6.10 Å². The van der Waals surface area contributed by atoms with Crippen LogP contribution in [0.3, 0.4) is 0 Å². The van der Waals surface area contributed by atoms with Gasteiger partial charge in [0, 0.05) is 24.2 Å². The van der Waals surface area contributed by atoms with Crippen LogP contribution in [0.5, 0.6) is 5.75 Å². The van der Waals surface area contributed by atoms with E-state index in [0.717, 1.165) is 22.9 Å². The lowest BCUT2D eigenvalue weighted by atomic mass is 10.1. The van der Waals surface area contributed by atoms with E-state index in [9.17, 15) is 4.79 Å².